The van der Waals surface area contributed by atoms with Crippen LogP contribution in [0.3, 0.4) is 0 Å². The highest BCUT2D eigenvalue weighted by Gasteiger charge is 2.02. The Kier molecular flexibility index (Phi) is 2.70. The van der Waals surface area contributed by atoms with Gasteiger partial charge in [-0.15, -0.1) is 11.6 Å². The van der Waals surface area contributed by atoms with Crippen LogP contribution in [0.5, 0.6) is 0 Å². The molecule has 0 aliphatic rings. The number of aryl methyl sites for hydroxylation is 1. The maximum atomic E-state index is 5.53. The fraction of sp³-hybridized carbons (Fsp3) is 0.300. The van der Waals surface area contributed by atoms with Crippen molar-refractivity contribution < 1.29 is 4.42 Å². The van der Waals surface area contributed by atoms with Crippen LogP contribution in [-0.4, -0.2) is 11.0 Å². The van der Waals surface area contributed by atoms with Crippen molar-refractivity contribution in [3.63, 3.8) is 0 Å². The van der Waals surface area contributed by atoms with E-state index in [1.165, 1.54) is 0 Å². The van der Waals surface area contributed by atoms with Gasteiger partial charge in [-0.1, -0.05) is 6.07 Å². The van der Waals surface area contributed by atoms with Gasteiger partial charge in [0.15, 0.2) is 11.5 Å². The van der Waals surface area contributed by atoms with E-state index in [9.17, 15) is 0 Å². The molecule has 4 heteroatoms. The summed E-state index contributed by atoms with van der Waals surface area (Å²) in [6.07, 6.45) is 0. The normalized spacial score (nSPS) is 11.0. The van der Waals surface area contributed by atoms with Crippen LogP contribution < -0.4 is 5.32 Å². The lowest BCUT2D eigenvalue weighted by Crippen LogP contribution is -2.09. The van der Waals surface area contributed by atoms with E-state index < -0.39 is 0 Å². The van der Waals surface area contributed by atoms with E-state index in [1.807, 2.05) is 25.1 Å². The van der Waals surface area contributed by atoms with Crippen molar-refractivity contribution in [1.29, 1.82) is 0 Å². The largest absolute Gasteiger partial charge is 0.441 e. The van der Waals surface area contributed by atoms with Crippen molar-refractivity contribution in [2.75, 3.05) is 6.00 Å². The third-order valence-electron chi connectivity index (χ3n) is 1.98. The van der Waals surface area contributed by atoms with Gasteiger partial charge in [-0.2, -0.15) is 0 Å². The van der Waals surface area contributed by atoms with E-state index in [0.29, 0.717) is 11.9 Å². The van der Waals surface area contributed by atoms with Crippen molar-refractivity contribution >= 4 is 22.7 Å². The van der Waals surface area contributed by atoms with Crippen LogP contribution in [0.25, 0.3) is 11.1 Å². The second kappa shape index (κ2) is 3.98. The number of halogens is 1. The lowest BCUT2D eigenvalue weighted by Gasteiger charge is -1.99. The molecule has 0 bridgehead atoms. The van der Waals surface area contributed by atoms with Gasteiger partial charge in [-0.3, -0.25) is 5.32 Å². The van der Waals surface area contributed by atoms with Gasteiger partial charge in [0.1, 0.15) is 5.52 Å². The number of rotatable bonds is 3. The quantitative estimate of drug-likeness (QED) is 0.625. The molecule has 2 rings (SSSR count). The molecule has 1 heterocycles. The molecule has 0 spiro atoms. The number of oxazole rings is 1. The number of fused-ring (bicyclic) bond motifs is 1. The van der Waals surface area contributed by atoms with Crippen molar-refractivity contribution in [2.24, 2.45) is 0 Å². The summed E-state index contributed by atoms with van der Waals surface area (Å²) >= 11 is 5.53. The van der Waals surface area contributed by atoms with Crippen molar-refractivity contribution in [1.82, 2.24) is 10.3 Å². The molecule has 0 aliphatic carbocycles. The molecule has 2 aromatic rings. The fourth-order valence-corrected chi connectivity index (χ4v) is 1.48. The van der Waals surface area contributed by atoms with Gasteiger partial charge in [0.05, 0.1) is 6.00 Å². The molecule has 14 heavy (non-hydrogen) atoms. The molecule has 74 valence electrons. The smallest absolute Gasteiger partial charge is 0.192 e. The summed E-state index contributed by atoms with van der Waals surface area (Å²) in [6, 6.07) is 6.40. The Labute approximate surface area is 87.1 Å². The molecule has 0 fully saturated rings. The zero-order chi connectivity index (χ0) is 9.97. The summed E-state index contributed by atoms with van der Waals surface area (Å²) < 4.78 is 5.37. The maximum absolute atomic E-state index is 5.53. The lowest BCUT2D eigenvalue weighted by molar-refractivity contribution is 0.561. The molecule has 0 aliphatic heterocycles. The average molecular weight is 211 g/mol. The van der Waals surface area contributed by atoms with Gasteiger partial charge in [0, 0.05) is 13.5 Å². The first-order valence-electron chi connectivity index (χ1n) is 4.42. The second-order valence-corrected chi connectivity index (χ2v) is 3.36. The van der Waals surface area contributed by atoms with Gasteiger partial charge in [0.2, 0.25) is 0 Å². The number of hydrogen-bond acceptors (Lipinski definition) is 3. The second-order valence-electron chi connectivity index (χ2n) is 3.10. The van der Waals surface area contributed by atoms with Crippen LogP contribution in [0.4, 0.5) is 0 Å². The topological polar surface area (TPSA) is 38.1 Å². The molecule has 0 amide bonds. The third-order valence-corrected chi connectivity index (χ3v) is 2.17. The minimum atomic E-state index is 0.454. The Morgan fingerprint density at radius 1 is 1.50 bits per heavy atom. The summed E-state index contributed by atoms with van der Waals surface area (Å²) in [5.41, 5.74) is 2.89. The minimum absolute atomic E-state index is 0.454. The molecule has 0 saturated heterocycles. The first-order chi connectivity index (χ1) is 6.79. The van der Waals surface area contributed by atoms with E-state index in [1.54, 1.807) is 0 Å². The molecule has 3 nitrogen and oxygen atoms in total. The monoisotopic (exact) mass is 210 g/mol. The zero-order valence-corrected chi connectivity index (χ0v) is 8.64. The number of nitrogens with one attached hydrogen (secondary N) is 1. The molecule has 0 atom stereocenters. The Morgan fingerprint density at radius 2 is 2.36 bits per heavy atom. The number of hydrogen-bond donors (Lipinski definition) is 1. The summed E-state index contributed by atoms with van der Waals surface area (Å²) in [4.78, 5) is 4.25. The predicted molar refractivity (Wildman–Crippen MR) is 56.3 cm³/mol. The number of alkyl halides is 1. The minimum Gasteiger partial charge on any atom is -0.441 e. The van der Waals surface area contributed by atoms with Crippen LogP contribution in [0.2, 0.25) is 0 Å². The molecule has 0 unspecified atom stereocenters. The molecule has 1 aromatic heterocycles. The number of benzene rings is 1. The highest BCUT2D eigenvalue weighted by Crippen LogP contribution is 2.16. The number of nitrogens with zero attached hydrogens (tertiary/aromatic N) is 1. The molecule has 0 saturated carbocycles. The first kappa shape index (κ1) is 9.49. The SMILES string of the molecule is Cc1nc2cc(CNCCl)ccc2o1. The highest BCUT2D eigenvalue weighted by molar-refractivity contribution is 6.17. The first-order valence-corrected chi connectivity index (χ1v) is 4.96. The maximum Gasteiger partial charge on any atom is 0.192 e. The lowest BCUT2D eigenvalue weighted by atomic mass is 10.2. The van der Waals surface area contributed by atoms with E-state index in [4.69, 9.17) is 16.0 Å². The summed E-state index contributed by atoms with van der Waals surface area (Å²) in [6.45, 7) is 2.60. The van der Waals surface area contributed by atoms with Crippen molar-refractivity contribution in [2.45, 2.75) is 13.5 Å². The van der Waals surface area contributed by atoms with Crippen LogP contribution in [0, 0.1) is 6.92 Å². The summed E-state index contributed by atoms with van der Waals surface area (Å²) in [7, 11) is 0. The molecule has 0 radical (unpaired) electrons. The third kappa shape index (κ3) is 1.89. The van der Waals surface area contributed by atoms with E-state index in [0.717, 1.165) is 23.2 Å². The van der Waals surface area contributed by atoms with Gasteiger partial charge < -0.3 is 4.42 Å². The average Bonchev–Trinajstić information content (AvgIpc) is 2.54. The zero-order valence-electron chi connectivity index (χ0n) is 7.88. The van der Waals surface area contributed by atoms with Crippen molar-refractivity contribution in [3.8, 4) is 0 Å². The van der Waals surface area contributed by atoms with Crippen LogP contribution >= 0.6 is 11.6 Å². The Hall–Kier alpha value is -1.06. The van der Waals surface area contributed by atoms with Gasteiger partial charge >= 0.3 is 0 Å². The van der Waals surface area contributed by atoms with Gasteiger partial charge in [-0.05, 0) is 17.7 Å². The van der Waals surface area contributed by atoms with Gasteiger partial charge in [-0.25, -0.2) is 4.98 Å². The fourth-order valence-electron chi connectivity index (χ4n) is 1.39. The van der Waals surface area contributed by atoms with Crippen LogP contribution in [0.1, 0.15) is 11.5 Å². The van der Waals surface area contributed by atoms with Crippen LogP contribution in [-0.2, 0) is 6.54 Å². The Balaban J connectivity index is 2.31. The van der Waals surface area contributed by atoms with Crippen LogP contribution in [0.15, 0.2) is 22.6 Å². The van der Waals surface area contributed by atoms with E-state index in [-0.39, 0.29) is 0 Å². The number of aromatic nitrogens is 1. The molecular formula is C10H11ClN2O. The highest BCUT2D eigenvalue weighted by atomic mass is 35.5. The Morgan fingerprint density at radius 3 is 3.14 bits per heavy atom. The standard InChI is InChI=1S/C10H11ClN2O/c1-7-13-9-4-8(5-12-6-11)2-3-10(9)14-7/h2-4,12H,5-6H2,1H3. The van der Waals surface area contributed by atoms with E-state index in [2.05, 4.69) is 10.3 Å². The summed E-state index contributed by atoms with van der Waals surface area (Å²) in [5, 5.41) is 3.04. The molecule has 1 aromatic carbocycles. The van der Waals surface area contributed by atoms with Gasteiger partial charge in [0.25, 0.3) is 0 Å². The predicted octanol–water partition coefficient (Wildman–Crippen LogP) is 2.42. The Bertz CT molecular complexity index is 439. The van der Waals surface area contributed by atoms with E-state index >= 15 is 0 Å². The molecular weight excluding hydrogens is 200 g/mol. The molecule has 1 N–H and O–H groups in total. The summed E-state index contributed by atoms with van der Waals surface area (Å²) in [5.74, 6) is 0.697. The van der Waals surface area contributed by atoms with Crippen molar-refractivity contribution in [3.05, 3.63) is 29.7 Å².